The third-order valence-corrected chi connectivity index (χ3v) is 4.22. The number of nitrogens with one attached hydrogen (secondary N) is 2. The number of carbonyl (C=O) groups is 2. The van der Waals surface area contributed by atoms with E-state index in [1.165, 1.54) is 12.1 Å². The molecule has 1 heterocycles. The topological polar surface area (TPSA) is 67.4 Å². The third kappa shape index (κ3) is 4.48. The van der Waals surface area contributed by atoms with E-state index < -0.39 is 18.0 Å². The van der Waals surface area contributed by atoms with Crippen molar-refractivity contribution >= 4 is 23.8 Å². The maximum atomic E-state index is 13.1. The first-order valence-electron chi connectivity index (χ1n) is 7.31. The SMILES string of the molecule is CCSCCOC(=O)C1=C(C)NC(=O)N[C@@H]1c1ccc(F)cc1. The number of thioether (sulfide) groups is 1. The summed E-state index contributed by atoms with van der Waals surface area (Å²) in [6.07, 6.45) is 0. The third-order valence-electron chi connectivity index (χ3n) is 3.36. The molecule has 23 heavy (non-hydrogen) atoms. The Bertz CT molecular complexity index is 616. The van der Waals surface area contributed by atoms with Crippen LogP contribution in [0, 0.1) is 5.82 Å². The number of urea groups is 1. The molecule has 0 saturated heterocycles. The van der Waals surface area contributed by atoms with Gasteiger partial charge in [-0.2, -0.15) is 11.8 Å². The van der Waals surface area contributed by atoms with Crippen molar-refractivity contribution in [2.45, 2.75) is 19.9 Å². The van der Waals surface area contributed by atoms with Crippen molar-refractivity contribution in [2.75, 3.05) is 18.1 Å². The monoisotopic (exact) mass is 338 g/mol. The smallest absolute Gasteiger partial charge is 0.338 e. The molecule has 0 aromatic heterocycles. The molecule has 0 radical (unpaired) electrons. The Balaban J connectivity index is 2.20. The van der Waals surface area contributed by atoms with Crippen LogP contribution in [-0.4, -0.2) is 30.1 Å². The quantitative estimate of drug-likeness (QED) is 0.618. The van der Waals surface area contributed by atoms with Crippen LogP contribution in [0.2, 0.25) is 0 Å². The first kappa shape index (κ1) is 17.3. The molecule has 2 rings (SSSR count). The fourth-order valence-corrected chi connectivity index (χ4v) is 2.77. The molecule has 2 amide bonds. The van der Waals surface area contributed by atoms with Crippen LogP contribution in [0.1, 0.15) is 25.5 Å². The van der Waals surface area contributed by atoms with Crippen molar-refractivity contribution < 1.29 is 18.7 Å². The summed E-state index contributed by atoms with van der Waals surface area (Å²) < 4.78 is 18.4. The molecule has 0 saturated carbocycles. The highest BCUT2D eigenvalue weighted by Crippen LogP contribution is 2.27. The van der Waals surface area contributed by atoms with Gasteiger partial charge < -0.3 is 15.4 Å². The summed E-state index contributed by atoms with van der Waals surface area (Å²) in [6.45, 7) is 3.98. The number of amides is 2. The molecule has 0 bridgehead atoms. The molecular weight excluding hydrogens is 319 g/mol. The lowest BCUT2D eigenvalue weighted by Gasteiger charge is -2.28. The van der Waals surface area contributed by atoms with Crippen molar-refractivity contribution in [2.24, 2.45) is 0 Å². The van der Waals surface area contributed by atoms with Gasteiger partial charge >= 0.3 is 12.0 Å². The summed E-state index contributed by atoms with van der Waals surface area (Å²) in [5.74, 6) is 0.807. The zero-order chi connectivity index (χ0) is 16.8. The first-order valence-corrected chi connectivity index (χ1v) is 8.47. The molecule has 0 fully saturated rings. The van der Waals surface area contributed by atoms with Gasteiger partial charge in [0.1, 0.15) is 12.4 Å². The van der Waals surface area contributed by atoms with Crippen LogP contribution < -0.4 is 10.6 Å². The predicted molar refractivity (Wildman–Crippen MR) is 87.5 cm³/mol. The van der Waals surface area contributed by atoms with Gasteiger partial charge in [0.2, 0.25) is 0 Å². The number of benzene rings is 1. The van der Waals surface area contributed by atoms with Crippen LogP contribution in [0.15, 0.2) is 35.5 Å². The average molecular weight is 338 g/mol. The second kappa shape index (κ2) is 8.01. The van der Waals surface area contributed by atoms with Crippen LogP contribution in [0.5, 0.6) is 0 Å². The summed E-state index contributed by atoms with van der Waals surface area (Å²) in [4.78, 5) is 24.1. The van der Waals surface area contributed by atoms with Crippen LogP contribution in [0.4, 0.5) is 9.18 Å². The van der Waals surface area contributed by atoms with Gasteiger partial charge in [-0.3, -0.25) is 0 Å². The number of hydrogen-bond donors (Lipinski definition) is 2. The van der Waals surface area contributed by atoms with E-state index in [1.54, 1.807) is 30.8 Å². The molecule has 0 unspecified atom stereocenters. The Morgan fingerprint density at radius 2 is 2.04 bits per heavy atom. The number of esters is 1. The minimum absolute atomic E-state index is 0.304. The number of carbonyl (C=O) groups excluding carboxylic acids is 2. The highest BCUT2D eigenvalue weighted by Gasteiger charge is 2.32. The number of ether oxygens (including phenoxy) is 1. The summed E-state index contributed by atoms with van der Waals surface area (Å²) in [5.41, 5.74) is 1.39. The van der Waals surface area contributed by atoms with E-state index in [-0.39, 0.29) is 5.82 Å². The summed E-state index contributed by atoms with van der Waals surface area (Å²) in [5, 5.41) is 5.25. The normalized spacial score (nSPS) is 17.5. The molecular formula is C16H19FN2O3S. The van der Waals surface area contributed by atoms with Gasteiger partial charge in [-0.15, -0.1) is 0 Å². The van der Waals surface area contributed by atoms with Crippen molar-refractivity contribution in [3.05, 3.63) is 46.9 Å². The van der Waals surface area contributed by atoms with Gasteiger partial charge in [-0.1, -0.05) is 19.1 Å². The lowest BCUT2D eigenvalue weighted by molar-refractivity contribution is -0.138. The molecule has 2 N–H and O–H groups in total. The minimum Gasteiger partial charge on any atom is -0.461 e. The fraction of sp³-hybridized carbons (Fsp3) is 0.375. The molecule has 5 nitrogen and oxygen atoms in total. The molecule has 1 atom stereocenters. The van der Waals surface area contributed by atoms with E-state index in [1.807, 2.05) is 6.92 Å². The summed E-state index contributed by atoms with van der Waals surface area (Å²) in [7, 11) is 0. The highest BCUT2D eigenvalue weighted by molar-refractivity contribution is 7.99. The molecule has 1 aromatic carbocycles. The van der Waals surface area contributed by atoms with Gasteiger partial charge in [-0.05, 0) is 30.4 Å². The lowest BCUT2D eigenvalue weighted by atomic mass is 9.95. The number of allylic oxidation sites excluding steroid dienone is 1. The lowest BCUT2D eigenvalue weighted by Crippen LogP contribution is -2.45. The molecule has 7 heteroatoms. The van der Waals surface area contributed by atoms with Crippen LogP contribution in [-0.2, 0) is 9.53 Å². The standard InChI is InChI=1S/C16H19FN2O3S/c1-3-23-9-8-22-15(20)13-10(2)18-16(21)19-14(13)11-4-6-12(17)7-5-11/h4-7,14H,3,8-9H2,1-2H3,(H2,18,19,21)/t14-/m1/s1. The molecule has 0 aliphatic carbocycles. The van der Waals surface area contributed by atoms with Crippen molar-refractivity contribution in [3.8, 4) is 0 Å². The zero-order valence-corrected chi connectivity index (χ0v) is 13.8. The Kier molecular flexibility index (Phi) is 6.04. The maximum absolute atomic E-state index is 13.1. The Morgan fingerprint density at radius 1 is 1.35 bits per heavy atom. The molecule has 124 valence electrons. The number of halogens is 1. The summed E-state index contributed by atoms with van der Waals surface area (Å²) in [6, 6.07) is 4.60. The van der Waals surface area contributed by atoms with Gasteiger partial charge in [0.05, 0.1) is 11.6 Å². The molecule has 1 aliphatic rings. The molecule has 0 spiro atoms. The Hall–Kier alpha value is -2.02. The van der Waals surface area contributed by atoms with Gasteiger partial charge in [0, 0.05) is 11.4 Å². The molecule has 1 aliphatic heterocycles. The first-order chi connectivity index (χ1) is 11.0. The van der Waals surface area contributed by atoms with E-state index in [4.69, 9.17) is 4.74 Å². The van der Waals surface area contributed by atoms with Crippen molar-refractivity contribution in [1.82, 2.24) is 10.6 Å². The Labute approximate surface area is 138 Å². The fourth-order valence-electron chi connectivity index (χ4n) is 2.29. The van der Waals surface area contributed by atoms with E-state index in [0.29, 0.717) is 23.4 Å². The highest BCUT2D eigenvalue weighted by atomic mass is 32.2. The van der Waals surface area contributed by atoms with Gasteiger partial charge in [0.25, 0.3) is 0 Å². The minimum atomic E-state index is -0.657. The predicted octanol–water partition coefficient (Wildman–Crippen LogP) is 2.75. The maximum Gasteiger partial charge on any atom is 0.338 e. The van der Waals surface area contributed by atoms with E-state index in [9.17, 15) is 14.0 Å². The molecule has 1 aromatic rings. The average Bonchev–Trinajstić information content (AvgIpc) is 2.51. The number of rotatable bonds is 6. The Morgan fingerprint density at radius 3 is 2.70 bits per heavy atom. The van der Waals surface area contributed by atoms with Crippen LogP contribution in [0.25, 0.3) is 0 Å². The van der Waals surface area contributed by atoms with Crippen LogP contribution in [0.3, 0.4) is 0 Å². The number of hydrogen-bond acceptors (Lipinski definition) is 4. The van der Waals surface area contributed by atoms with Crippen LogP contribution >= 0.6 is 11.8 Å². The largest absolute Gasteiger partial charge is 0.461 e. The summed E-state index contributed by atoms with van der Waals surface area (Å²) >= 11 is 1.68. The zero-order valence-electron chi connectivity index (χ0n) is 13.0. The van der Waals surface area contributed by atoms with Gasteiger partial charge in [0.15, 0.2) is 0 Å². The van der Waals surface area contributed by atoms with E-state index >= 15 is 0 Å². The second-order valence-electron chi connectivity index (χ2n) is 4.95. The second-order valence-corrected chi connectivity index (χ2v) is 6.35. The van der Waals surface area contributed by atoms with Crippen molar-refractivity contribution in [3.63, 3.8) is 0 Å². The van der Waals surface area contributed by atoms with E-state index in [0.717, 1.165) is 11.5 Å². The van der Waals surface area contributed by atoms with E-state index in [2.05, 4.69) is 10.6 Å². The van der Waals surface area contributed by atoms with Crippen molar-refractivity contribution in [1.29, 1.82) is 0 Å². The van der Waals surface area contributed by atoms with Gasteiger partial charge in [-0.25, -0.2) is 14.0 Å².